The Labute approximate surface area is 145 Å². The van der Waals surface area contributed by atoms with Crippen molar-refractivity contribution in [2.45, 2.75) is 25.7 Å². The predicted molar refractivity (Wildman–Crippen MR) is 93.6 cm³/mol. The fourth-order valence-corrected chi connectivity index (χ4v) is 2.12. The summed E-state index contributed by atoms with van der Waals surface area (Å²) in [6, 6.07) is 9.73. The van der Waals surface area contributed by atoms with Crippen molar-refractivity contribution in [1.82, 2.24) is 0 Å². The fraction of sp³-hybridized carbons (Fsp3) is 0.667. The molecular weight excluding hydrogens is 316 g/mol. The molecule has 1 rings (SSSR count). The zero-order valence-corrected chi connectivity index (χ0v) is 14.6. The summed E-state index contributed by atoms with van der Waals surface area (Å²) in [5.41, 5.74) is 0. The summed E-state index contributed by atoms with van der Waals surface area (Å²) in [5.74, 6) is 1.63. The van der Waals surface area contributed by atoms with Crippen molar-refractivity contribution in [3.63, 3.8) is 0 Å². The Bertz CT molecular complexity index is 348. The second-order valence-electron chi connectivity index (χ2n) is 5.10. The third kappa shape index (κ3) is 13.3. The summed E-state index contributed by atoms with van der Waals surface area (Å²) >= 11 is 5.62. The molecule has 5 heteroatoms. The van der Waals surface area contributed by atoms with Crippen LogP contribution in [0.5, 0.6) is 5.75 Å². The van der Waals surface area contributed by atoms with Gasteiger partial charge < -0.3 is 18.9 Å². The molecule has 0 heterocycles. The van der Waals surface area contributed by atoms with Gasteiger partial charge in [0.15, 0.2) is 0 Å². The lowest BCUT2D eigenvalue weighted by Crippen LogP contribution is -2.12. The minimum Gasteiger partial charge on any atom is -0.491 e. The quantitative estimate of drug-likeness (QED) is 0.336. The highest BCUT2D eigenvalue weighted by Crippen LogP contribution is 2.07. The van der Waals surface area contributed by atoms with Gasteiger partial charge in [-0.25, -0.2) is 0 Å². The number of alkyl halides is 1. The second kappa shape index (κ2) is 16.1. The molecule has 0 saturated heterocycles. The molecule has 0 fully saturated rings. The molecule has 0 aliphatic rings. The van der Waals surface area contributed by atoms with Crippen molar-refractivity contribution in [2.75, 3.05) is 52.1 Å². The van der Waals surface area contributed by atoms with Crippen molar-refractivity contribution in [3.05, 3.63) is 30.3 Å². The molecule has 0 spiro atoms. The molecule has 132 valence electrons. The standard InChI is InChI=1S/C18H29ClO4/c19-10-6-1-2-7-11-20-12-13-21-14-15-22-16-17-23-18-8-4-3-5-9-18/h3-5,8-9H,1-2,6-7,10-17H2. The molecule has 0 bridgehead atoms. The SMILES string of the molecule is ClCCCCCCOCCOCCOCCOc1ccccc1. The second-order valence-corrected chi connectivity index (χ2v) is 5.48. The first-order chi connectivity index (χ1) is 11.4. The van der Waals surface area contributed by atoms with Gasteiger partial charge in [-0.2, -0.15) is 0 Å². The van der Waals surface area contributed by atoms with E-state index < -0.39 is 0 Å². The third-order valence-electron chi connectivity index (χ3n) is 3.16. The van der Waals surface area contributed by atoms with Gasteiger partial charge in [0.2, 0.25) is 0 Å². The van der Waals surface area contributed by atoms with Crippen LogP contribution in [0.2, 0.25) is 0 Å². The van der Waals surface area contributed by atoms with Crippen LogP contribution in [0.4, 0.5) is 0 Å². The van der Waals surface area contributed by atoms with Gasteiger partial charge in [-0.1, -0.05) is 31.0 Å². The van der Waals surface area contributed by atoms with Crippen molar-refractivity contribution in [1.29, 1.82) is 0 Å². The van der Waals surface area contributed by atoms with Crippen LogP contribution in [-0.2, 0) is 14.2 Å². The van der Waals surface area contributed by atoms with Crippen molar-refractivity contribution < 1.29 is 18.9 Å². The van der Waals surface area contributed by atoms with Gasteiger partial charge in [-0.15, -0.1) is 11.6 Å². The van der Waals surface area contributed by atoms with E-state index in [4.69, 9.17) is 30.5 Å². The Kier molecular flexibility index (Phi) is 14.1. The van der Waals surface area contributed by atoms with Crippen molar-refractivity contribution >= 4 is 11.6 Å². The summed E-state index contributed by atoms with van der Waals surface area (Å²) in [4.78, 5) is 0. The van der Waals surface area contributed by atoms with Gasteiger partial charge in [0.1, 0.15) is 12.4 Å². The number of halogens is 1. The van der Waals surface area contributed by atoms with E-state index in [1.54, 1.807) is 0 Å². The normalized spacial score (nSPS) is 10.8. The number of unbranched alkanes of at least 4 members (excludes halogenated alkanes) is 3. The lowest BCUT2D eigenvalue weighted by atomic mass is 10.2. The Balaban J connectivity index is 1.72. The monoisotopic (exact) mass is 344 g/mol. The Morgan fingerprint density at radius 2 is 1.17 bits per heavy atom. The zero-order valence-electron chi connectivity index (χ0n) is 13.9. The van der Waals surface area contributed by atoms with Crippen LogP contribution < -0.4 is 4.74 Å². The van der Waals surface area contributed by atoms with Crippen LogP contribution in [0.25, 0.3) is 0 Å². The smallest absolute Gasteiger partial charge is 0.119 e. The first kappa shape index (κ1) is 20.2. The maximum Gasteiger partial charge on any atom is 0.119 e. The van der Waals surface area contributed by atoms with Gasteiger partial charge in [0, 0.05) is 12.5 Å². The number of hydrogen-bond acceptors (Lipinski definition) is 4. The van der Waals surface area contributed by atoms with Gasteiger partial charge >= 0.3 is 0 Å². The average molecular weight is 345 g/mol. The minimum absolute atomic E-state index is 0.552. The fourth-order valence-electron chi connectivity index (χ4n) is 1.93. The van der Waals surface area contributed by atoms with Gasteiger partial charge in [0.05, 0.1) is 33.0 Å². The first-order valence-corrected chi connectivity index (χ1v) is 8.94. The van der Waals surface area contributed by atoms with Gasteiger partial charge in [0.25, 0.3) is 0 Å². The minimum atomic E-state index is 0.552. The summed E-state index contributed by atoms with van der Waals surface area (Å²) < 4.78 is 21.9. The molecule has 0 atom stereocenters. The third-order valence-corrected chi connectivity index (χ3v) is 3.42. The predicted octanol–water partition coefficient (Wildman–Crippen LogP) is 3.91. The molecule has 0 saturated carbocycles. The van der Waals surface area contributed by atoms with E-state index in [1.807, 2.05) is 30.3 Å². The molecule has 0 amide bonds. The van der Waals surface area contributed by atoms with Crippen LogP contribution in [-0.4, -0.2) is 52.1 Å². The molecule has 23 heavy (non-hydrogen) atoms. The molecule has 0 aliphatic carbocycles. The molecule has 0 aromatic heterocycles. The maximum absolute atomic E-state index is 5.62. The van der Waals surface area contributed by atoms with E-state index in [0.717, 1.165) is 31.1 Å². The Hall–Kier alpha value is -0.810. The zero-order chi connectivity index (χ0) is 16.4. The van der Waals surface area contributed by atoms with E-state index in [-0.39, 0.29) is 0 Å². The van der Waals surface area contributed by atoms with E-state index >= 15 is 0 Å². The van der Waals surface area contributed by atoms with E-state index in [1.165, 1.54) is 12.8 Å². The highest BCUT2D eigenvalue weighted by Gasteiger charge is 1.94. The molecule has 0 N–H and O–H groups in total. The molecule has 4 nitrogen and oxygen atoms in total. The average Bonchev–Trinajstić information content (AvgIpc) is 2.59. The highest BCUT2D eigenvalue weighted by atomic mass is 35.5. The Morgan fingerprint density at radius 3 is 1.83 bits per heavy atom. The summed E-state index contributed by atoms with van der Waals surface area (Å²) in [6.07, 6.45) is 4.57. The summed E-state index contributed by atoms with van der Waals surface area (Å²) in [5, 5.41) is 0. The summed E-state index contributed by atoms with van der Waals surface area (Å²) in [7, 11) is 0. The number of hydrogen-bond donors (Lipinski definition) is 0. The number of ether oxygens (including phenoxy) is 4. The van der Waals surface area contributed by atoms with E-state index in [9.17, 15) is 0 Å². The summed E-state index contributed by atoms with van der Waals surface area (Å²) in [6.45, 7) is 4.35. The number of benzene rings is 1. The first-order valence-electron chi connectivity index (χ1n) is 8.40. The molecule has 0 radical (unpaired) electrons. The van der Waals surface area contributed by atoms with Crippen molar-refractivity contribution in [3.8, 4) is 5.75 Å². The van der Waals surface area contributed by atoms with E-state index in [0.29, 0.717) is 39.6 Å². The maximum atomic E-state index is 5.62. The molecular formula is C18H29ClO4. The van der Waals surface area contributed by atoms with Crippen LogP contribution in [0.3, 0.4) is 0 Å². The van der Waals surface area contributed by atoms with Crippen LogP contribution >= 0.6 is 11.6 Å². The lowest BCUT2D eigenvalue weighted by Gasteiger charge is -2.08. The van der Waals surface area contributed by atoms with Gasteiger partial charge in [-0.05, 0) is 25.0 Å². The highest BCUT2D eigenvalue weighted by molar-refractivity contribution is 6.17. The van der Waals surface area contributed by atoms with Crippen LogP contribution in [0.15, 0.2) is 30.3 Å². The molecule has 1 aromatic rings. The number of rotatable bonds is 16. The largest absolute Gasteiger partial charge is 0.491 e. The van der Waals surface area contributed by atoms with Crippen molar-refractivity contribution in [2.24, 2.45) is 0 Å². The number of para-hydroxylation sites is 1. The lowest BCUT2D eigenvalue weighted by molar-refractivity contribution is 0.00879. The molecule has 1 aromatic carbocycles. The Morgan fingerprint density at radius 1 is 0.609 bits per heavy atom. The van der Waals surface area contributed by atoms with Gasteiger partial charge in [-0.3, -0.25) is 0 Å². The van der Waals surface area contributed by atoms with E-state index in [2.05, 4.69) is 0 Å². The topological polar surface area (TPSA) is 36.9 Å². The molecule has 0 aliphatic heterocycles. The van der Waals surface area contributed by atoms with Crippen LogP contribution in [0, 0.1) is 0 Å². The van der Waals surface area contributed by atoms with Crippen LogP contribution in [0.1, 0.15) is 25.7 Å². The molecule has 0 unspecified atom stereocenters.